The number of nitrogens with zero attached hydrogens (tertiary/aromatic N) is 2. The Morgan fingerprint density at radius 2 is 2.09 bits per heavy atom. The number of carbonyl (C=O) groups is 1. The fourth-order valence-electron chi connectivity index (χ4n) is 2.34. The first kappa shape index (κ1) is 13.9. The topological polar surface area (TPSA) is 54.9 Å². The fourth-order valence-corrected chi connectivity index (χ4v) is 2.34. The maximum Gasteiger partial charge on any atom is 0.247 e. The predicted octanol–water partition coefficient (Wildman–Crippen LogP) is 3.73. The van der Waals surface area contributed by atoms with Crippen molar-refractivity contribution >= 4 is 22.4 Å². The van der Waals surface area contributed by atoms with E-state index in [1.807, 2.05) is 49.4 Å². The number of amides is 1. The first-order chi connectivity index (χ1) is 10.7. The van der Waals surface area contributed by atoms with Crippen molar-refractivity contribution in [1.29, 1.82) is 0 Å². The van der Waals surface area contributed by atoms with E-state index in [0.29, 0.717) is 0 Å². The van der Waals surface area contributed by atoms with Crippen LogP contribution in [-0.4, -0.2) is 15.9 Å². The summed E-state index contributed by atoms with van der Waals surface area (Å²) in [4.78, 5) is 20.1. The van der Waals surface area contributed by atoms with E-state index in [-0.39, 0.29) is 5.91 Å². The predicted molar refractivity (Wildman–Crippen MR) is 88.5 cm³/mol. The van der Waals surface area contributed by atoms with E-state index >= 15 is 0 Å². The molecular weight excluding hydrogens is 274 g/mol. The summed E-state index contributed by atoms with van der Waals surface area (Å²) in [5.41, 5.74) is 2.60. The summed E-state index contributed by atoms with van der Waals surface area (Å²) in [6, 6.07) is 13.7. The van der Waals surface area contributed by atoms with Crippen LogP contribution in [0.5, 0.6) is 0 Å². The quantitative estimate of drug-likeness (QED) is 0.747. The summed E-state index contributed by atoms with van der Waals surface area (Å²) >= 11 is 0. The van der Waals surface area contributed by atoms with Crippen LogP contribution in [0.3, 0.4) is 0 Å². The Kier molecular flexibility index (Phi) is 3.66. The Balaban J connectivity index is 2.13. The van der Waals surface area contributed by atoms with Gasteiger partial charge in [0.2, 0.25) is 5.91 Å². The molecule has 1 aromatic heterocycles. The van der Waals surface area contributed by atoms with Gasteiger partial charge in [-0.2, -0.15) is 0 Å². The van der Waals surface area contributed by atoms with Crippen LogP contribution >= 0.6 is 0 Å². The molecule has 0 aliphatic rings. The number of fused-ring (bicyclic) bond motifs is 1. The van der Waals surface area contributed by atoms with Crippen molar-refractivity contribution in [2.45, 2.75) is 6.92 Å². The van der Waals surface area contributed by atoms with Crippen molar-refractivity contribution in [3.05, 3.63) is 67.1 Å². The summed E-state index contributed by atoms with van der Waals surface area (Å²) in [7, 11) is 0. The third-order valence-electron chi connectivity index (χ3n) is 3.40. The molecule has 0 spiro atoms. The van der Waals surface area contributed by atoms with Crippen molar-refractivity contribution in [3.63, 3.8) is 0 Å². The molecule has 0 aliphatic heterocycles. The molecule has 0 bridgehead atoms. The molecule has 0 unspecified atom stereocenters. The molecule has 0 saturated heterocycles. The zero-order chi connectivity index (χ0) is 15.5. The Morgan fingerprint density at radius 3 is 2.86 bits per heavy atom. The lowest BCUT2D eigenvalue weighted by atomic mass is 10.0. The Morgan fingerprint density at radius 1 is 1.23 bits per heavy atom. The van der Waals surface area contributed by atoms with E-state index in [1.165, 1.54) is 6.08 Å². The van der Waals surface area contributed by atoms with Crippen LogP contribution in [0, 0.1) is 6.92 Å². The number of carbonyl (C=O) groups excluding carboxylic acids is 1. The standard InChI is InChI=1S/C18H15N3O/c1-3-18(22)21-17-6-4-5-13-7-8-14(11-15(13)17)16-9-10-19-12(2)20-16/h3-11H,1H2,2H3,(H,21,22). The molecule has 108 valence electrons. The van der Waals surface area contributed by atoms with Gasteiger partial charge in [0.15, 0.2) is 0 Å². The van der Waals surface area contributed by atoms with Gasteiger partial charge in [-0.05, 0) is 36.6 Å². The molecule has 3 aromatic rings. The maximum atomic E-state index is 11.6. The first-order valence-electron chi connectivity index (χ1n) is 6.93. The number of benzene rings is 2. The Hall–Kier alpha value is -3.01. The summed E-state index contributed by atoms with van der Waals surface area (Å²) in [6.07, 6.45) is 3.00. The number of hydrogen-bond acceptors (Lipinski definition) is 3. The third kappa shape index (κ3) is 2.72. The van der Waals surface area contributed by atoms with Gasteiger partial charge in [0.05, 0.1) is 5.69 Å². The summed E-state index contributed by atoms with van der Waals surface area (Å²) in [6.45, 7) is 5.34. The second kappa shape index (κ2) is 5.77. The average Bonchev–Trinajstić information content (AvgIpc) is 2.54. The molecule has 0 aliphatic carbocycles. The van der Waals surface area contributed by atoms with Gasteiger partial charge in [0.25, 0.3) is 0 Å². The normalized spacial score (nSPS) is 10.4. The molecular formula is C18H15N3O. The molecule has 0 radical (unpaired) electrons. The van der Waals surface area contributed by atoms with E-state index in [2.05, 4.69) is 21.9 Å². The van der Waals surface area contributed by atoms with Crippen molar-refractivity contribution in [2.24, 2.45) is 0 Å². The van der Waals surface area contributed by atoms with Gasteiger partial charge in [-0.1, -0.05) is 30.8 Å². The largest absolute Gasteiger partial charge is 0.322 e. The van der Waals surface area contributed by atoms with Crippen LogP contribution in [0.2, 0.25) is 0 Å². The molecule has 1 amide bonds. The molecule has 2 aromatic carbocycles. The number of nitrogens with one attached hydrogen (secondary N) is 1. The Labute approximate surface area is 128 Å². The average molecular weight is 289 g/mol. The third-order valence-corrected chi connectivity index (χ3v) is 3.40. The number of hydrogen-bond donors (Lipinski definition) is 1. The van der Waals surface area contributed by atoms with Crippen molar-refractivity contribution in [1.82, 2.24) is 9.97 Å². The summed E-state index contributed by atoms with van der Waals surface area (Å²) in [5.74, 6) is 0.502. The van der Waals surface area contributed by atoms with Crippen molar-refractivity contribution in [2.75, 3.05) is 5.32 Å². The van der Waals surface area contributed by atoms with Crippen LogP contribution in [0.1, 0.15) is 5.82 Å². The van der Waals surface area contributed by atoms with Crippen LogP contribution < -0.4 is 5.32 Å². The highest BCUT2D eigenvalue weighted by atomic mass is 16.1. The second-order valence-corrected chi connectivity index (χ2v) is 4.92. The number of rotatable bonds is 3. The molecule has 1 heterocycles. The highest BCUT2D eigenvalue weighted by Crippen LogP contribution is 2.28. The van der Waals surface area contributed by atoms with Gasteiger partial charge in [-0.15, -0.1) is 0 Å². The van der Waals surface area contributed by atoms with Gasteiger partial charge >= 0.3 is 0 Å². The Bertz CT molecular complexity index is 871. The summed E-state index contributed by atoms with van der Waals surface area (Å²) < 4.78 is 0. The van der Waals surface area contributed by atoms with E-state index in [4.69, 9.17) is 0 Å². The lowest BCUT2D eigenvalue weighted by Gasteiger charge is -2.09. The molecule has 22 heavy (non-hydrogen) atoms. The molecule has 0 atom stereocenters. The number of aryl methyl sites for hydroxylation is 1. The van der Waals surface area contributed by atoms with Gasteiger partial charge < -0.3 is 5.32 Å². The maximum absolute atomic E-state index is 11.6. The van der Waals surface area contributed by atoms with Crippen LogP contribution in [0.4, 0.5) is 5.69 Å². The SMILES string of the molecule is C=CC(=O)Nc1cccc2ccc(-c3ccnc(C)n3)cc12. The highest BCUT2D eigenvalue weighted by molar-refractivity contribution is 6.06. The monoisotopic (exact) mass is 289 g/mol. The first-order valence-corrected chi connectivity index (χ1v) is 6.93. The van der Waals surface area contributed by atoms with Crippen LogP contribution in [-0.2, 0) is 4.79 Å². The minimum absolute atomic E-state index is 0.226. The van der Waals surface area contributed by atoms with Gasteiger partial charge in [-0.3, -0.25) is 4.79 Å². The number of aromatic nitrogens is 2. The summed E-state index contributed by atoms with van der Waals surface area (Å²) in [5, 5.41) is 4.85. The van der Waals surface area contributed by atoms with Crippen molar-refractivity contribution < 1.29 is 4.79 Å². The minimum Gasteiger partial charge on any atom is -0.322 e. The van der Waals surface area contributed by atoms with Gasteiger partial charge in [0.1, 0.15) is 5.82 Å². The van der Waals surface area contributed by atoms with Crippen LogP contribution in [0.25, 0.3) is 22.0 Å². The van der Waals surface area contributed by atoms with Gasteiger partial charge in [0, 0.05) is 22.8 Å². The van der Waals surface area contributed by atoms with Crippen LogP contribution in [0.15, 0.2) is 61.3 Å². The zero-order valence-electron chi connectivity index (χ0n) is 12.2. The lowest BCUT2D eigenvalue weighted by molar-refractivity contribution is -0.111. The molecule has 4 nitrogen and oxygen atoms in total. The highest BCUT2D eigenvalue weighted by Gasteiger charge is 2.06. The van der Waals surface area contributed by atoms with E-state index in [1.54, 1.807) is 6.20 Å². The lowest BCUT2D eigenvalue weighted by Crippen LogP contribution is -2.07. The minimum atomic E-state index is -0.226. The van der Waals surface area contributed by atoms with Crippen molar-refractivity contribution in [3.8, 4) is 11.3 Å². The van der Waals surface area contributed by atoms with Gasteiger partial charge in [-0.25, -0.2) is 9.97 Å². The number of anilines is 1. The second-order valence-electron chi connectivity index (χ2n) is 4.92. The van der Waals surface area contributed by atoms with E-state index in [9.17, 15) is 4.79 Å². The smallest absolute Gasteiger partial charge is 0.247 e. The molecule has 1 N–H and O–H groups in total. The molecule has 3 rings (SSSR count). The molecule has 0 saturated carbocycles. The molecule has 4 heteroatoms. The zero-order valence-corrected chi connectivity index (χ0v) is 12.2. The van der Waals surface area contributed by atoms with E-state index < -0.39 is 0 Å². The van der Waals surface area contributed by atoms with E-state index in [0.717, 1.165) is 33.5 Å². The fraction of sp³-hybridized carbons (Fsp3) is 0.0556. The molecule has 0 fully saturated rings.